The van der Waals surface area contributed by atoms with Crippen molar-refractivity contribution in [2.75, 3.05) is 52.3 Å². The molecule has 0 aromatic heterocycles. The van der Waals surface area contributed by atoms with E-state index in [9.17, 15) is 9.59 Å². The molecule has 1 aliphatic heterocycles. The van der Waals surface area contributed by atoms with E-state index in [2.05, 4.69) is 4.90 Å². The summed E-state index contributed by atoms with van der Waals surface area (Å²) in [4.78, 5) is 29.5. The summed E-state index contributed by atoms with van der Waals surface area (Å²) in [7, 11) is 5.88. The van der Waals surface area contributed by atoms with Gasteiger partial charge in [0.15, 0.2) is 0 Å². The Labute approximate surface area is 156 Å². The van der Waals surface area contributed by atoms with Crippen LogP contribution in [0.2, 0.25) is 0 Å². The molecule has 1 fully saturated rings. The zero-order valence-electron chi connectivity index (χ0n) is 16.4. The largest absolute Gasteiger partial charge is 0.466 e. The van der Waals surface area contributed by atoms with E-state index >= 15 is 0 Å². The van der Waals surface area contributed by atoms with Crippen molar-refractivity contribution in [2.45, 2.75) is 26.2 Å². The monoisotopic (exact) mass is 362 g/mol. The summed E-state index contributed by atoms with van der Waals surface area (Å²) in [5, 5.41) is 0. The lowest BCUT2D eigenvalue weighted by Crippen LogP contribution is -2.28. The molecule has 0 saturated carbocycles. The number of benzene rings is 1. The molecule has 1 heterocycles. The van der Waals surface area contributed by atoms with Gasteiger partial charge in [0.1, 0.15) is 0 Å². The van der Waals surface area contributed by atoms with Crippen molar-refractivity contribution in [1.82, 2.24) is 4.90 Å². The molecule has 0 bridgehead atoms. The Kier molecular flexibility index (Phi) is 7.03. The zero-order valence-corrected chi connectivity index (χ0v) is 16.4. The fourth-order valence-corrected chi connectivity index (χ4v) is 3.53. The molecular weight excluding hydrogens is 332 g/mol. The lowest BCUT2D eigenvalue weighted by Gasteiger charge is -2.25. The predicted molar refractivity (Wildman–Crippen MR) is 102 cm³/mol. The molecule has 2 rings (SSSR count). The van der Waals surface area contributed by atoms with Gasteiger partial charge in [-0.15, -0.1) is 0 Å². The summed E-state index contributed by atoms with van der Waals surface area (Å²) in [6, 6.07) is 5.61. The number of anilines is 1. The van der Waals surface area contributed by atoms with Gasteiger partial charge in [-0.1, -0.05) is 6.07 Å². The summed E-state index contributed by atoms with van der Waals surface area (Å²) in [5.41, 5.74) is 2.04. The van der Waals surface area contributed by atoms with Crippen LogP contribution >= 0.6 is 0 Å². The van der Waals surface area contributed by atoms with Crippen LogP contribution in [-0.4, -0.2) is 64.3 Å². The van der Waals surface area contributed by atoms with Crippen molar-refractivity contribution in [3.8, 4) is 0 Å². The van der Waals surface area contributed by atoms with Crippen LogP contribution < -0.4 is 4.90 Å². The SMILES string of the molecule is CCOC(=O)c1cc(N(C)C)ccc1C(C(=O)OCC)C1CCN(C)C1. The summed E-state index contributed by atoms with van der Waals surface area (Å²) in [5.74, 6) is -1.00. The number of likely N-dealkylation sites (tertiary alicyclic amines) is 1. The lowest BCUT2D eigenvalue weighted by molar-refractivity contribution is -0.146. The molecule has 0 radical (unpaired) electrons. The van der Waals surface area contributed by atoms with Crippen LogP contribution in [0.25, 0.3) is 0 Å². The number of ether oxygens (including phenoxy) is 2. The molecule has 2 atom stereocenters. The van der Waals surface area contributed by atoms with Gasteiger partial charge in [0.25, 0.3) is 0 Å². The van der Waals surface area contributed by atoms with E-state index in [0.717, 1.165) is 25.2 Å². The van der Waals surface area contributed by atoms with Gasteiger partial charge < -0.3 is 19.3 Å². The highest BCUT2D eigenvalue weighted by molar-refractivity contribution is 5.95. The smallest absolute Gasteiger partial charge is 0.338 e. The van der Waals surface area contributed by atoms with E-state index in [0.29, 0.717) is 24.3 Å². The summed E-state index contributed by atoms with van der Waals surface area (Å²) >= 11 is 0. The van der Waals surface area contributed by atoms with E-state index in [-0.39, 0.29) is 11.9 Å². The molecule has 26 heavy (non-hydrogen) atoms. The Morgan fingerprint density at radius 2 is 1.92 bits per heavy atom. The first-order chi connectivity index (χ1) is 12.4. The van der Waals surface area contributed by atoms with E-state index in [1.807, 2.05) is 38.2 Å². The van der Waals surface area contributed by atoms with E-state index in [1.165, 1.54) is 0 Å². The number of rotatable bonds is 7. The van der Waals surface area contributed by atoms with Gasteiger partial charge in [-0.25, -0.2) is 4.79 Å². The Morgan fingerprint density at radius 3 is 2.46 bits per heavy atom. The van der Waals surface area contributed by atoms with Gasteiger partial charge in [0.05, 0.1) is 24.7 Å². The van der Waals surface area contributed by atoms with Gasteiger partial charge in [0.2, 0.25) is 0 Å². The van der Waals surface area contributed by atoms with Crippen LogP contribution in [0.5, 0.6) is 0 Å². The maximum atomic E-state index is 12.8. The highest BCUT2D eigenvalue weighted by atomic mass is 16.5. The minimum atomic E-state index is -0.462. The summed E-state index contributed by atoms with van der Waals surface area (Å²) in [6.07, 6.45) is 0.900. The van der Waals surface area contributed by atoms with Crippen LogP contribution in [-0.2, 0) is 14.3 Å². The van der Waals surface area contributed by atoms with E-state index in [1.54, 1.807) is 19.9 Å². The maximum Gasteiger partial charge on any atom is 0.338 e. The zero-order chi connectivity index (χ0) is 19.3. The Morgan fingerprint density at radius 1 is 1.23 bits per heavy atom. The number of esters is 2. The van der Waals surface area contributed by atoms with Gasteiger partial charge in [-0.05, 0) is 57.5 Å². The molecule has 1 aliphatic rings. The molecule has 1 aromatic rings. The molecule has 0 N–H and O–H groups in total. The summed E-state index contributed by atoms with van der Waals surface area (Å²) < 4.78 is 10.6. The van der Waals surface area contributed by atoms with Gasteiger partial charge in [-0.3, -0.25) is 4.79 Å². The first-order valence-electron chi connectivity index (χ1n) is 9.22. The van der Waals surface area contributed by atoms with E-state index in [4.69, 9.17) is 9.47 Å². The number of hydrogen-bond donors (Lipinski definition) is 0. The molecule has 2 unspecified atom stereocenters. The molecule has 1 aromatic carbocycles. The third kappa shape index (κ3) is 4.55. The topological polar surface area (TPSA) is 59.1 Å². The second-order valence-electron chi connectivity index (χ2n) is 6.93. The van der Waals surface area contributed by atoms with Crippen molar-refractivity contribution < 1.29 is 19.1 Å². The van der Waals surface area contributed by atoms with Crippen LogP contribution in [0, 0.1) is 5.92 Å². The minimum absolute atomic E-state index is 0.123. The first-order valence-corrected chi connectivity index (χ1v) is 9.22. The first kappa shape index (κ1) is 20.2. The average molecular weight is 362 g/mol. The Hall–Kier alpha value is -2.08. The minimum Gasteiger partial charge on any atom is -0.466 e. The maximum absolute atomic E-state index is 12.8. The molecule has 6 heteroatoms. The van der Waals surface area contributed by atoms with Crippen LogP contribution in [0.15, 0.2) is 18.2 Å². The number of nitrogens with zero attached hydrogens (tertiary/aromatic N) is 2. The standard InChI is InChI=1S/C20H30N2O4/c1-6-25-19(23)17-12-15(21(3)4)8-9-16(17)18(20(24)26-7-2)14-10-11-22(5)13-14/h8-9,12,14,18H,6-7,10-11,13H2,1-5H3. The van der Waals surface area contributed by atoms with Crippen LogP contribution in [0.4, 0.5) is 5.69 Å². The second-order valence-corrected chi connectivity index (χ2v) is 6.93. The van der Waals surface area contributed by atoms with E-state index < -0.39 is 11.9 Å². The molecule has 144 valence electrons. The predicted octanol–water partition coefficient (Wildman–Crippen LogP) is 2.53. The molecule has 1 saturated heterocycles. The van der Waals surface area contributed by atoms with Crippen molar-refractivity contribution in [3.63, 3.8) is 0 Å². The number of carbonyl (C=O) groups excluding carboxylic acids is 2. The fourth-order valence-electron chi connectivity index (χ4n) is 3.53. The highest BCUT2D eigenvalue weighted by Gasteiger charge is 2.37. The lowest BCUT2D eigenvalue weighted by atomic mass is 9.82. The van der Waals surface area contributed by atoms with Crippen molar-refractivity contribution in [1.29, 1.82) is 0 Å². The summed E-state index contributed by atoms with van der Waals surface area (Å²) in [6.45, 7) is 5.94. The third-order valence-electron chi connectivity index (χ3n) is 4.82. The van der Waals surface area contributed by atoms with Crippen molar-refractivity contribution in [3.05, 3.63) is 29.3 Å². The normalized spacial score (nSPS) is 18.4. The number of hydrogen-bond acceptors (Lipinski definition) is 6. The third-order valence-corrected chi connectivity index (χ3v) is 4.82. The highest BCUT2D eigenvalue weighted by Crippen LogP contribution is 2.36. The van der Waals surface area contributed by atoms with Gasteiger partial charge in [0, 0.05) is 26.3 Å². The molecule has 0 amide bonds. The van der Waals surface area contributed by atoms with Gasteiger partial charge >= 0.3 is 11.9 Å². The van der Waals surface area contributed by atoms with Crippen LogP contribution in [0.1, 0.15) is 42.1 Å². The average Bonchev–Trinajstić information content (AvgIpc) is 3.01. The van der Waals surface area contributed by atoms with Crippen molar-refractivity contribution in [2.24, 2.45) is 5.92 Å². The quantitative estimate of drug-likeness (QED) is 0.695. The number of carbonyl (C=O) groups is 2. The Bertz CT molecular complexity index is 645. The van der Waals surface area contributed by atoms with Gasteiger partial charge in [-0.2, -0.15) is 0 Å². The van der Waals surface area contributed by atoms with Crippen LogP contribution in [0.3, 0.4) is 0 Å². The fraction of sp³-hybridized carbons (Fsp3) is 0.600. The van der Waals surface area contributed by atoms with Crippen molar-refractivity contribution >= 4 is 17.6 Å². The second kappa shape index (κ2) is 9.03. The Balaban J connectivity index is 2.51. The molecule has 0 spiro atoms. The molecule has 6 nitrogen and oxygen atoms in total. The molecule has 0 aliphatic carbocycles. The molecular formula is C20H30N2O4.